The number of carbonyl (C=O) groups excluding carboxylic acids is 1. The minimum atomic E-state index is -3.52. The predicted molar refractivity (Wildman–Crippen MR) is 87.0 cm³/mol. The number of hydrogen-bond donors (Lipinski definition) is 0. The van der Waals surface area contributed by atoms with E-state index in [-0.39, 0.29) is 12.0 Å². The molecule has 0 N–H and O–H groups in total. The summed E-state index contributed by atoms with van der Waals surface area (Å²) in [4.78, 5) is 13.7. The Morgan fingerprint density at radius 1 is 1.30 bits per heavy atom. The number of amides is 1. The lowest BCUT2D eigenvalue weighted by molar-refractivity contribution is -0.116. The molecule has 0 saturated carbocycles. The Balaban J connectivity index is 1.93. The zero-order chi connectivity index (χ0) is 16.6. The molecular formula is C16H22N2O4S. The summed E-state index contributed by atoms with van der Waals surface area (Å²) in [6, 6.07) is 5.09. The first-order valence-electron chi connectivity index (χ1n) is 7.92. The Hall–Kier alpha value is -1.44. The number of anilines is 1. The second kappa shape index (κ2) is 6.22. The molecule has 1 atom stereocenters. The zero-order valence-corrected chi connectivity index (χ0v) is 14.3. The standard InChI is InChI=1S/C16H22N2O4S/c1-12-11-17(8-9-22-12)23(20,21)15-5-6-16-14(10-15)4-3-7-18(16)13(2)19/h5-6,10,12H,3-4,7-9,11H2,1-2H3. The van der Waals surface area contributed by atoms with Gasteiger partial charge in [-0.1, -0.05) is 0 Å². The van der Waals surface area contributed by atoms with Crippen LogP contribution in [0.4, 0.5) is 5.69 Å². The Morgan fingerprint density at radius 2 is 2.09 bits per heavy atom. The summed E-state index contributed by atoms with van der Waals surface area (Å²) in [7, 11) is -3.52. The first kappa shape index (κ1) is 16.4. The van der Waals surface area contributed by atoms with Crippen LogP contribution in [0.1, 0.15) is 25.8 Å². The van der Waals surface area contributed by atoms with Gasteiger partial charge in [0.2, 0.25) is 15.9 Å². The summed E-state index contributed by atoms with van der Waals surface area (Å²) in [5, 5.41) is 0. The average Bonchev–Trinajstić information content (AvgIpc) is 2.53. The third-order valence-corrected chi connectivity index (χ3v) is 6.25. The van der Waals surface area contributed by atoms with Crippen LogP contribution in [0.5, 0.6) is 0 Å². The lowest BCUT2D eigenvalue weighted by Gasteiger charge is -2.32. The third kappa shape index (κ3) is 3.13. The van der Waals surface area contributed by atoms with Crippen molar-refractivity contribution in [2.45, 2.75) is 37.7 Å². The van der Waals surface area contributed by atoms with Crippen molar-refractivity contribution in [1.29, 1.82) is 0 Å². The Morgan fingerprint density at radius 3 is 2.78 bits per heavy atom. The van der Waals surface area contributed by atoms with E-state index in [4.69, 9.17) is 4.74 Å². The molecular weight excluding hydrogens is 316 g/mol. The summed E-state index contributed by atoms with van der Waals surface area (Å²) >= 11 is 0. The summed E-state index contributed by atoms with van der Waals surface area (Å²) in [5.41, 5.74) is 1.76. The molecule has 3 rings (SSSR count). The van der Waals surface area contributed by atoms with Crippen molar-refractivity contribution in [2.75, 3.05) is 31.1 Å². The minimum Gasteiger partial charge on any atom is -0.376 e. The smallest absolute Gasteiger partial charge is 0.243 e. The van der Waals surface area contributed by atoms with Crippen LogP contribution < -0.4 is 4.90 Å². The number of hydrogen-bond acceptors (Lipinski definition) is 4. The average molecular weight is 338 g/mol. The van der Waals surface area contributed by atoms with Gasteiger partial charge in [0.1, 0.15) is 0 Å². The summed E-state index contributed by atoms with van der Waals surface area (Å²) in [6.45, 7) is 5.27. The number of rotatable bonds is 2. The molecule has 2 aliphatic heterocycles. The van der Waals surface area contributed by atoms with Crippen molar-refractivity contribution >= 4 is 21.6 Å². The van der Waals surface area contributed by atoms with Crippen molar-refractivity contribution in [2.24, 2.45) is 0 Å². The number of ether oxygens (including phenoxy) is 1. The number of aryl methyl sites for hydroxylation is 1. The fourth-order valence-corrected chi connectivity index (χ4v) is 4.77. The maximum atomic E-state index is 12.8. The molecule has 1 saturated heterocycles. The molecule has 1 fully saturated rings. The highest BCUT2D eigenvalue weighted by Gasteiger charge is 2.30. The quantitative estimate of drug-likeness (QED) is 0.817. The van der Waals surface area contributed by atoms with Crippen LogP contribution >= 0.6 is 0 Å². The van der Waals surface area contributed by atoms with Gasteiger partial charge in [-0.15, -0.1) is 0 Å². The molecule has 1 unspecified atom stereocenters. The fraction of sp³-hybridized carbons (Fsp3) is 0.562. The molecule has 1 amide bonds. The minimum absolute atomic E-state index is 0.0106. The van der Waals surface area contributed by atoms with Crippen LogP contribution in [0.3, 0.4) is 0 Å². The van der Waals surface area contributed by atoms with Gasteiger partial charge in [-0.25, -0.2) is 8.42 Å². The second-order valence-corrected chi connectivity index (χ2v) is 8.05. The van der Waals surface area contributed by atoms with Gasteiger partial charge in [0.15, 0.2) is 0 Å². The van der Waals surface area contributed by atoms with Crippen molar-refractivity contribution in [3.05, 3.63) is 23.8 Å². The summed E-state index contributed by atoms with van der Waals surface area (Å²) in [5.74, 6) is -0.0106. The molecule has 6 nitrogen and oxygen atoms in total. The Kier molecular flexibility index (Phi) is 4.44. The topological polar surface area (TPSA) is 66.9 Å². The number of carbonyl (C=O) groups is 1. The summed E-state index contributed by atoms with van der Waals surface area (Å²) < 4.78 is 32.5. The molecule has 0 aromatic heterocycles. The van der Waals surface area contributed by atoms with Crippen LogP contribution in [-0.4, -0.2) is 51.0 Å². The lowest BCUT2D eigenvalue weighted by atomic mass is 10.0. The van der Waals surface area contributed by atoms with Crippen LogP contribution in [0, 0.1) is 0 Å². The molecule has 1 aromatic rings. The van der Waals surface area contributed by atoms with Gasteiger partial charge < -0.3 is 9.64 Å². The fourth-order valence-electron chi connectivity index (χ4n) is 3.21. The highest BCUT2D eigenvalue weighted by atomic mass is 32.2. The lowest BCUT2D eigenvalue weighted by Crippen LogP contribution is -2.44. The van der Waals surface area contributed by atoms with Gasteiger partial charge in [0.05, 0.1) is 17.6 Å². The van der Waals surface area contributed by atoms with Crippen LogP contribution in [0.15, 0.2) is 23.1 Å². The van der Waals surface area contributed by atoms with Crippen LogP contribution in [-0.2, 0) is 26.0 Å². The van der Waals surface area contributed by atoms with E-state index in [0.29, 0.717) is 31.1 Å². The number of fused-ring (bicyclic) bond motifs is 1. The molecule has 7 heteroatoms. The van der Waals surface area contributed by atoms with Crippen LogP contribution in [0.25, 0.3) is 0 Å². The third-order valence-electron chi connectivity index (χ3n) is 4.39. The number of sulfonamides is 1. The zero-order valence-electron chi connectivity index (χ0n) is 13.5. The van der Waals surface area contributed by atoms with E-state index in [0.717, 1.165) is 24.1 Å². The molecule has 1 aromatic carbocycles. The number of benzene rings is 1. The molecule has 0 aliphatic carbocycles. The van der Waals surface area contributed by atoms with Gasteiger partial charge in [-0.05, 0) is 43.5 Å². The van der Waals surface area contributed by atoms with E-state index in [2.05, 4.69) is 0 Å². The van der Waals surface area contributed by atoms with E-state index in [1.165, 1.54) is 11.2 Å². The monoisotopic (exact) mass is 338 g/mol. The first-order chi connectivity index (χ1) is 10.9. The van der Waals surface area contributed by atoms with Crippen molar-refractivity contribution in [3.8, 4) is 0 Å². The van der Waals surface area contributed by atoms with Gasteiger partial charge in [-0.3, -0.25) is 4.79 Å². The van der Waals surface area contributed by atoms with E-state index >= 15 is 0 Å². The molecule has 126 valence electrons. The highest BCUT2D eigenvalue weighted by Crippen LogP contribution is 2.30. The first-order valence-corrected chi connectivity index (χ1v) is 9.36. The van der Waals surface area contributed by atoms with E-state index in [1.54, 1.807) is 23.1 Å². The molecule has 2 heterocycles. The van der Waals surface area contributed by atoms with Gasteiger partial charge in [-0.2, -0.15) is 4.31 Å². The maximum Gasteiger partial charge on any atom is 0.243 e. The van der Waals surface area contributed by atoms with E-state index in [9.17, 15) is 13.2 Å². The molecule has 0 spiro atoms. The van der Waals surface area contributed by atoms with Crippen molar-refractivity contribution < 1.29 is 17.9 Å². The van der Waals surface area contributed by atoms with E-state index < -0.39 is 10.0 Å². The van der Waals surface area contributed by atoms with Gasteiger partial charge >= 0.3 is 0 Å². The SMILES string of the molecule is CC(=O)N1CCCc2cc(S(=O)(=O)N3CCOC(C)C3)ccc21. The molecule has 23 heavy (non-hydrogen) atoms. The Labute approximate surface area is 137 Å². The van der Waals surface area contributed by atoms with Gasteiger partial charge in [0.25, 0.3) is 0 Å². The Bertz CT molecular complexity index is 717. The number of morpholine rings is 1. The predicted octanol–water partition coefficient (Wildman–Crippen LogP) is 1.40. The number of nitrogens with zero attached hydrogens (tertiary/aromatic N) is 2. The van der Waals surface area contributed by atoms with Crippen LogP contribution in [0.2, 0.25) is 0 Å². The van der Waals surface area contributed by atoms with E-state index in [1.807, 2.05) is 6.92 Å². The maximum absolute atomic E-state index is 12.8. The molecule has 2 aliphatic rings. The summed E-state index contributed by atoms with van der Waals surface area (Å²) in [6.07, 6.45) is 1.55. The van der Waals surface area contributed by atoms with Gasteiger partial charge in [0, 0.05) is 32.2 Å². The van der Waals surface area contributed by atoms with Crippen molar-refractivity contribution in [3.63, 3.8) is 0 Å². The molecule has 0 radical (unpaired) electrons. The second-order valence-electron chi connectivity index (χ2n) is 6.11. The largest absolute Gasteiger partial charge is 0.376 e. The highest BCUT2D eigenvalue weighted by molar-refractivity contribution is 7.89. The normalized spacial score (nSPS) is 22.7. The van der Waals surface area contributed by atoms with Crippen molar-refractivity contribution in [1.82, 2.24) is 4.31 Å². The molecule has 0 bridgehead atoms.